The van der Waals surface area contributed by atoms with Crippen LogP contribution in [-0.4, -0.2) is 36.9 Å². The van der Waals surface area contributed by atoms with Crippen LogP contribution in [0.2, 0.25) is 0 Å². The van der Waals surface area contributed by atoms with Crippen molar-refractivity contribution in [2.45, 2.75) is 19.3 Å². The van der Waals surface area contributed by atoms with Crippen LogP contribution in [0.3, 0.4) is 0 Å². The Bertz CT molecular complexity index is 270. The molecule has 15 heavy (non-hydrogen) atoms. The van der Waals surface area contributed by atoms with E-state index in [9.17, 15) is 13.6 Å². The molecule has 1 saturated heterocycles. The summed E-state index contributed by atoms with van der Waals surface area (Å²) in [6.07, 6.45) is -1.67. The molecular formula is C8H12F2N4O. The number of azide groups is 1. The maximum Gasteiger partial charge on any atom is 0.241 e. The maximum absolute atomic E-state index is 12.3. The largest absolute Gasteiger partial charge is 0.343 e. The molecule has 0 atom stereocenters. The molecular weight excluding hydrogens is 206 g/mol. The zero-order valence-electron chi connectivity index (χ0n) is 8.14. The molecule has 0 spiro atoms. The average molecular weight is 218 g/mol. The topological polar surface area (TPSA) is 69.1 Å². The van der Waals surface area contributed by atoms with Crippen molar-refractivity contribution in [2.75, 3.05) is 19.6 Å². The summed E-state index contributed by atoms with van der Waals surface area (Å²) in [7, 11) is 0. The first-order valence-electron chi connectivity index (χ1n) is 4.72. The third-order valence-electron chi connectivity index (χ3n) is 2.52. The van der Waals surface area contributed by atoms with E-state index >= 15 is 0 Å². The highest BCUT2D eigenvalue weighted by Gasteiger charge is 2.27. The lowest BCUT2D eigenvalue weighted by Crippen LogP contribution is -2.40. The van der Waals surface area contributed by atoms with Crippen molar-refractivity contribution < 1.29 is 13.6 Å². The highest BCUT2D eigenvalue weighted by molar-refractivity contribution is 5.78. The first-order chi connectivity index (χ1) is 7.15. The Morgan fingerprint density at radius 2 is 2.13 bits per heavy atom. The van der Waals surface area contributed by atoms with Gasteiger partial charge in [0.2, 0.25) is 12.3 Å². The molecule has 0 aromatic heterocycles. The summed E-state index contributed by atoms with van der Waals surface area (Å²) in [6.45, 7) is 0.430. The van der Waals surface area contributed by atoms with Crippen molar-refractivity contribution in [3.63, 3.8) is 0 Å². The van der Waals surface area contributed by atoms with Gasteiger partial charge in [0.25, 0.3) is 0 Å². The molecule has 7 heteroatoms. The molecule has 0 radical (unpaired) electrons. The van der Waals surface area contributed by atoms with E-state index in [1.54, 1.807) is 0 Å². The number of hydrogen-bond donors (Lipinski definition) is 0. The Labute approximate surface area is 85.7 Å². The van der Waals surface area contributed by atoms with E-state index in [-0.39, 0.29) is 12.5 Å². The third kappa shape index (κ3) is 3.36. The van der Waals surface area contributed by atoms with Crippen LogP contribution in [-0.2, 0) is 4.79 Å². The first kappa shape index (κ1) is 11.7. The van der Waals surface area contributed by atoms with E-state index < -0.39 is 12.3 Å². The smallest absolute Gasteiger partial charge is 0.241 e. The van der Waals surface area contributed by atoms with Crippen molar-refractivity contribution in [3.05, 3.63) is 10.4 Å². The Balaban J connectivity index is 2.36. The molecule has 0 unspecified atom stereocenters. The monoisotopic (exact) mass is 218 g/mol. The summed E-state index contributed by atoms with van der Waals surface area (Å²) in [5.74, 6) is -0.894. The zero-order chi connectivity index (χ0) is 11.3. The number of piperidine rings is 1. The van der Waals surface area contributed by atoms with Gasteiger partial charge in [0.1, 0.15) is 6.54 Å². The molecule has 0 saturated carbocycles. The summed E-state index contributed by atoms with van der Waals surface area (Å²) in [5, 5.41) is 3.14. The number of amides is 1. The van der Waals surface area contributed by atoms with Crippen molar-refractivity contribution >= 4 is 5.91 Å². The van der Waals surface area contributed by atoms with Crippen molar-refractivity contribution in [1.82, 2.24) is 4.90 Å². The van der Waals surface area contributed by atoms with Gasteiger partial charge >= 0.3 is 0 Å². The van der Waals surface area contributed by atoms with Crippen LogP contribution in [0.4, 0.5) is 8.78 Å². The zero-order valence-corrected chi connectivity index (χ0v) is 8.14. The number of alkyl halides is 2. The van der Waals surface area contributed by atoms with E-state index in [1.165, 1.54) is 4.90 Å². The summed E-state index contributed by atoms with van der Waals surface area (Å²) in [6, 6.07) is 0. The number of rotatable bonds is 3. The Morgan fingerprint density at radius 3 is 2.60 bits per heavy atom. The fourth-order valence-electron chi connectivity index (χ4n) is 1.59. The van der Waals surface area contributed by atoms with Gasteiger partial charge in [-0.25, -0.2) is 8.78 Å². The molecule has 5 nitrogen and oxygen atoms in total. The number of nitrogens with zero attached hydrogens (tertiary/aromatic N) is 4. The second kappa shape index (κ2) is 5.50. The molecule has 0 N–H and O–H groups in total. The summed E-state index contributed by atoms with van der Waals surface area (Å²) in [4.78, 5) is 15.2. The van der Waals surface area contributed by atoms with Gasteiger partial charge in [0.05, 0.1) is 0 Å². The van der Waals surface area contributed by atoms with Crippen molar-refractivity contribution in [1.29, 1.82) is 0 Å². The predicted octanol–water partition coefficient (Wildman–Crippen LogP) is 1.80. The average Bonchev–Trinajstić information content (AvgIpc) is 2.26. The van der Waals surface area contributed by atoms with Crippen LogP contribution in [0.25, 0.3) is 10.4 Å². The normalized spacial score (nSPS) is 17.7. The molecule has 1 fully saturated rings. The Hall–Kier alpha value is -1.36. The summed E-state index contributed by atoms with van der Waals surface area (Å²) >= 11 is 0. The lowest BCUT2D eigenvalue weighted by atomic mass is 9.97. The molecule has 0 bridgehead atoms. The maximum atomic E-state index is 12.3. The third-order valence-corrected chi connectivity index (χ3v) is 2.52. The molecule has 0 aromatic carbocycles. The second-order valence-corrected chi connectivity index (χ2v) is 3.44. The second-order valence-electron chi connectivity index (χ2n) is 3.44. The van der Waals surface area contributed by atoms with E-state index in [0.29, 0.717) is 25.9 Å². The number of likely N-dealkylation sites (tertiary alicyclic amines) is 1. The van der Waals surface area contributed by atoms with Gasteiger partial charge in [-0.05, 0) is 18.4 Å². The highest BCUT2D eigenvalue weighted by atomic mass is 19.3. The minimum atomic E-state index is -2.31. The standard InChI is InChI=1S/C8H12F2N4O/c9-8(10)6-1-3-14(4-2-6)7(15)5-12-13-11/h6,8H,1-5H2. The summed E-state index contributed by atoms with van der Waals surface area (Å²) in [5.41, 5.74) is 8.02. The van der Waals surface area contributed by atoms with Gasteiger partial charge in [-0.15, -0.1) is 0 Å². The Morgan fingerprint density at radius 1 is 1.53 bits per heavy atom. The van der Waals surface area contributed by atoms with E-state index in [0.717, 1.165) is 0 Å². The van der Waals surface area contributed by atoms with Crippen LogP contribution in [0.5, 0.6) is 0 Å². The molecule has 1 amide bonds. The number of carbonyl (C=O) groups is 1. The van der Waals surface area contributed by atoms with Gasteiger partial charge in [0.15, 0.2) is 0 Å². The van der Waals surface area contributed by atoms with Crippen LogP contribution in [0.15, 0.2) is 5.11 Å². The molecule has 1 rings (SSSR count). The van der Waals surface area contributed by atoms with Crippen LogP contribution >= 0.6 is 0 Å². The van der Waals surface area contributed by atoms with Crippen molar-refractivity contribution in [2.24, 2.45) is 11.0 Å². The molecule has 84 valence electrons. The van der Waals surface area contributed by atoms with Gasteiger partial charge in [-0.1, -0.05) is 5.11 Å². The van der Waals surface area contributed by atoms with Gasteiger partial charge < -0.3 is 4.90 Å². The molecule has 1 heterocycles. The first-order valence-corrected chi connectivity index (χ1v) is 4.72. The minimum absolute atomic E-state index is 0.226. The summed E-state index contributed by atoms with van der Waals surface area (Å²) < 4.78 is 24.6. The molecule has 1 aliphatic heterocycles. The Kier molecular flexibility index (Phi) is 4.30. The number of carbonyl (C=O) groups excluding carboxylic acids is 1. The minimum Gasteiger partial charge on any atom is -0.343 e. The predicted molar refractivity (Wildman–Crippen MR) is 49.3 cm³/mol. The fraction of sp³-hybridized carbons (Fsp3) is 0.875. The molecule has 0 aromatic rings. The number of hydrogen-bond acceptors (Lipinski definition) is 2. The van der Waals surface area contributed by atoms with Crippen LogP contribution < -0.4 is 0 Å². The van der Waals surface area contributed by atoms with E-state index in [1.807, 2.05) is 0 Å². The van der Waals surface area contributed by atoms with E-state index in [4.69, 9.17) is 5.53 Å². The highest BCUT2D eigenvalue weighted by Crippen LogP contribution is 2.23. The van der Waals surface area contributed by atoms with Crippen LogP contribution in [0, 0.1) is 5.92 Å². The van der Waals surface area contributed by atoms with Gasteiger partial charge in [0, 0.05) is 23.9 Å². The fourth-order valence-corrected chi connectivity index (χ4v) is 1.59. The SMILES string of the molecule is [N-]=[N+]=NCC(=O)N1CCC(C(F)F)CC1. The van der Waals surface area contributed by atoms with Crippen LogP contribution in [0.1, 0.15) is 12.8 Å². The van der Waals surface area contributed by atoms with Crippen molar-refractivity contribution in [3.8, 4) is 0 Å². The molecule has 0 aliphatic carbocycles. The number of halogens is 2. The lowest BCUT2D eigenvalue weighted by Gasteiger charge is -2.31. The van der Waals surface area contributed by atoms with Gasteiger partial charge in [-0.3, -0.25) is 4.79 Å². The van der Waals surface area contributed by atoms with E-state index in [2.05, 4.69) is 10.0 Å². The lowest BCUT2D eigenvalue weighted by molar-refractivity contribution is -0.131. The van der Waals surface area contributed by atoms with Gasteiger partial charge in [-0.2, -0.15) is 0 Å². The molecule has 1 aliphatic rings. The quantitative estimate of drug-likeness (QED) is 0.404.